The zero-order valence-corrected chi connectivity index (χ0v) is 13.8. The van der Waals surface area contributed by atoms with Crippen LogP contribution in [0.4, 0.5) is 13.2 Å². The second-order valence-electron chi connectivity index (χ2n) is 5.21. The second-order valence-corrected chi connectivity index (χ2v) is 5.21. The Morgan fingerprint density at radius 2 is 2.04 bits per heavy atom. The van der Waals surface area contributed by atoms with Crippen molar-refractivity contribution in [3.8, 4) is 11.6 Å². The molecule has 5 nitrogen and oxygen atoms in total. The molecule has 1 heterocycles. The predicted molar refractivity (Wildman–Crippen MR) is 84.5 cm³/mol. The number of hydrogen-bond acceptors (Lipinski definition) is 4. The van der Waals surface area contributed by atoms with Crippen molar-refractivity contribution in [1.29, 1.82) is 0 Å². The number of aromatic nitrogens is 1. The summed E-state index contributed by atoms with van der Waals surface area (Å²) in [6, 6.07) is 5.78. The topological polar surface area (TPSA) is 60.5 Å². The number of pyridine rings is 1. The Balaban J connectivity index is 2.29. The Labute approximate surface area is 144 Å². The van der Waals surface area contributed by atoms with E-state index >= 15 is 0 Å². The van der Waals surface area contributed by atoms with Crippen LogP contribution in [0.2, 0.25) is 0 Å². The molecule has 1 amide bonds. The van der Waals surface area contributed by atoms with E-state index in [9.17, 15) is 18.0 Å². The third-order valence-electron chi connectivity index (χ3n) is 3.32. The second kappa shape index (κ2) is 7.42. The van der Waals surface area contributed by atoms with E-state index in [2.05, 4.69) is 15.0 Å². The number of amides is 1. The number of nitrogens with one attached hydrogen (secondary N) is 1. The molecule has 8 heteroatoms. The molecule has 0 aliphatic heterocycles. The lowest BCUT2D eigenvalue weighted by molar-refractivity contribution is -0.275. The van der Waals surface area contributed by atoms with Crippen LogP contribution >= 0.6 is 0 Å². The maximum atomic E-state index is 12.6. The molecule has 0 fully saturated rings. The first-order valence-corrected chi connectivity index (χ1v) is 7.30. The summed E-state index contributed by atoms with van der Waals surface area (Å²) < 4.78 is 54.5. The fourth-order valence-corrected chi connectivity index (χ4v) is 2.19. The van der Waals surface area contributed by atoms with Crippen molar-refractivity contribution in [3.63, 3.8) is 0 Å². The molecule has 134 valence electrons. The molecule has 0 saturated heterocycles. The van der Waals surface area contributed by atoms with E-state index in [4.69, 9.17) is 6.11 Å². The SMILES string of the molecule is [2H]c1cccc(C(C)NC(=O)c2ccc(C)nc2OC)c1OC(F)(F)F. The van der Waals surface area contributed by atoms with E-state index in [1.54, 1.807) is 13.0 Å². The highest BCUT2D eigenvalue weighted by atomic mass is 19.4. The average molecular weight is 355 g/mol. The van der Waals surface area contributed by atoms with Gasteiger partial charge in [0.25, 0.3) is 5.91 Å². The van der Waals surface area contributed by atoms with Crippen molar-refractivity contribution in [2.75, 3.05) is 7.11 Å². The van der Waals surface area contributed by atoms with Gasteiger partial charge in [-0.3, -0.25) is 4.79 Å². The van der Waals surface area contributed by atoms with Crippen LogP contribution in [0.25, 0.3) is 0 Å². The number of carbonyl (C=O) groups is 1. The lowest BCUT2D eigenvalue weighted by atomic mass is 10.1. The van der Waals surface area contributed by atoms with Crippen LogP contribution < -0.4 is 14.8 Å². The van der Waals surface area contributed by atoms with Gasteiger partial charge in [0.2, 0.25) is 5.88 Å². The fourth-order valence-electron chi connectivity index (χ4n) is 2.19. The number of ether oxygens (including phenoxy) is 2. The average Bonchev–Trinajstić information content (AvgIpc) is 2.55. The largest absolute Gasteiger partial charge is 0.573 e. The van der Waals surface area contributed by atoms with Gasteiger partial charge in [0.05, 0.1) is 14.5 Å². The van der Waals surface area contributed by atoms with Crippen LogP contribution in [0.1, 0.15) is 36.0 Å². The quantitative estimate of drug-likeness (QED) is 0.887. The smallest absolute Gasteiger partial charge is 0.480 e. The molecule has 0 aliphatic rings. The zero-order valence-electron chi connectivity index (χ0n) is 14.8. The van der Waals surface area contributed by atoms with Crippen LogP contribution in [0.15, 0.2) is 36.4 Å². The first-order chi connectivity index (χ1) is 12.1. The lowest BCUT2D eigenvalue weighted by Crippen LogP contribution is -2.28. The molecule has 25 heavy (non-hydrogen) atoms. The summed E-state index contributed by atoms with van der Waals surface area (Å²) in [6.07, 6.45) is -4.94. The van der Waals surface area contributed by atoms with E-state index in [0.29, 0.717) is 5.69 Å². The molecule has 1 atom stereocenters. The number of methoxy groups -OCH3 is 1. The Hall–Kier alpha value is -2.77. The molecular weight excluding hydrogens is 337 g/mol. The van der Waals surface area contributed by atoms with E-state index in [1.165, 1.54) is 38.3 Å². The Morgan fingerprint density at radius 1 is 1.32 bits per heavy atom. The van der Waals surface area contributed by atoms with Gasteiger partial charge in [-0.15, -0.1) is 13.2 Å². The highest BCUT2D eigenvalue weighted by Crippen LogP contribution is 2.30. The van der Waals surface area contributed by atoms with Crippen molar-refractivity contribution in [2.45, 2.75) is 26.3 Å². The number of halogens is 3. The van der Waals surface area contributed by atoms with Gasteiger partial charge in [-0.1, -0.05) is 18.2 Å². The minimum absolute atomic E-state index is 0.0298. The monoisotopic (exact) mass is 355 g/mol. The summed E-state index contributed by atoms with van der Waals surface area (Å²) >= 11 is 0. The third-order valence-corrected chi connectivity index (χ3v) is 3.32. The van der Waals surface area contributed by atoms with Gasteiger partial charge in [0.15, 0.2) is 0 Å². The molecule has 2 rings (SSSR count). The molecule has 1 unspecified atom stereocenters. The van der Waals surface area contributed by atoms with Crippen molar-refractivity contribution in [3.05, 3.63) is 53.2 Å². The first kappa shape index (κ1) is 17.1. The molecule has 0 aliphatic carbocycles. The van der Waals surface area contributed by atoms with Crippen molar-refractivity contribution in [2.24, 2.45) is 0 Å². The van der Waals surface area contributed by atoms with Crippen LogP contribution in [-0.2, 0) is 0 Å². The maximum absolute atomic E-state index is 12.6. The van der Waals surface area contributed by atoms with Crippen molar-refractivity contribution < 1.29 is 28.8 Å². The van der Waals surface area contributed by atoms with Crippen LogP contribution in [0.5, 0.6) is 11.6 Å². The molecule has 1 N–H and O–H groups in total. The van der Waals surface area contributed by atoms with Gasteiger partial charge >= 0.3 is 6.36 Å². The summed E-state index contributed by atoms with van der Waals surface area (Å²) in [5.74, 6) is -1.12. The number of carbonyl (C=O) groups excluding carboxylic acids is 1. The van der Waals surface area contributed by atoms with Gasteiger partial charge in [-0.25, -0.2) is 4.98 Å². The van der Waals surface area contributed by atoms with Crippen LogP contribution in [0, 0.1) is 6.92 Å². The van der Waals surface area contributed by atoms with E-state index in [0.717, 1.165) is 0 Å². The number of nitrogens with zero attached hydrogens (tertiary/aromatic N) is 1. The molecule has 0 saturated carbocycles. The first-order valence-electron chi connectivity index (χ1n) is 7.80. The summed E-state index contributed by atoms with van der Waals surface area (Å²) in [5.41, 5.74) is 0.821. The summed E-state index contributed by atoms with van der Waals surface area (Å²) in [5, 5.41) is 2.57. The summed E-state index contributed by atoms with van der Waals surface area (Å²) in [7, 11) is 1.36. The minimum Gasteiger partial charge on any atom is -0.480 e. The zero-order chi connectivity index (χ0) is 19.5. The molecular formula is C17H17F3N2O3. The lowest BCUT2D eigenvalue weighted by Gasteiger charge is -2.19. The number of para-hydroxylation sites is 1. The normalized spacial score (nSPS) is 13.0. The van der Waals surface area contributed by atoms with Gasteiger partial charge < -0.3 is 14.8 Å². The van der Waals surface area contributed by atoms with E-state index in [1.807, 2.05) is 0 Å². The van der Waals surface area contributed by atoms with Gasteiger partial charge in [0, 0.05) is 11.3 Å². The Kier molecular flexibility index (Phi) is 5.06. The Bertz CT molecular complexity index is 812. The molecule has 2 aromatic rings. The van der Waals surface area contributed by atoms with Crippen molar-refractivity contribution in [1.82, 2.24) is 10.3 Å². The highest BCUT2D eigenvalue weighted by Gasteiger charge is 2.32. The molecule has 1 aromatic carbocycles. The van der Waals surface area contributed by atoms with Gasteiger partial charge in [-0.05, 0) is 32.0 Å². The number of aryl methyl sites for hydroxylation is 1. The van der Waals surface area contributed by atoms with E-state index < -0.39 is 30.1 Å². The van der Waals surface area contributed by atoms with Gasteiger partial charge in [-0.2, -0.15) is 0 Å². The molecule has 1 aromatic heterocycles. The number of hydrogen-bond donors (Lipinski definition) is 1. The van der Waals surface area contributed by atoms with E-state index in [-0.39, 0.29) is 17.0 Å². The van der Waals surface area contributed by atoms with Crippen LogP contribution in [0.3, 0.4) is 0 Å². The highest BCUT2D eigenvalue weighted by molar-refractivity contribution is 5.96. The Morgan fingerprint density at radius 3 is 2.68 bits per heavy atom. The number of benzene rings is 1. The van der Waals surface area contributed by atoms with Crippen molar-refractivity contribution >= 4 is 5.91 Å². The summed E-state index contributed by atoms with van der Waals surface area (Å²) in [4.78, 5) is 16.5. The molecule has 0 spiro atoms. The minimum atomic E-state index is -4.94. The maximum Gasteiger partial charge on any atom is 0.573 e. The predicted octanol–water partition coefficient (Wildman–Crippen LogP) is 3.79. The molecule has 0 bridgehead atoms. The number of alkyl halides is 3. The van der Waals surface area contributed by atoms with Crippen LogP contribution in [-0.4, -0.2) is 24.4 Å². The number of rotatable bonds is 5. The third kappa shape index (κ3) is 4.85. The standard InChI is InChI=1S/C17H17F3N2O3/c1-10-8-9-13(16(21-10)24-3)15(23)22-11(2)12-6-4-5-7-14(12)25-17(18,19)20/h4-9,11H,1-3H3,(H,22,23)/i7D. The molecule has 0 radical (unpaired) electrons. The summed E-state index contributed by atoms with van der Waals surface area (Å²) in [6.45, 7) is 3.22. The fraction of sp³-hybridized carbons (Fsp3) is 0.294. The van der Waals surface area contributed by atoms with Gasteiger partial charge in [0.1, 0.15) is 11.3 Å².